The molecule has 1 aromatic heterocycles. The first-order valence-electron chi connectivity index (χ1n) is 11.3. The number of rotatable bonds is 7. The fourth-order valence-corrected chi connectivity index (χ4v) is 5.89. The van der Waals surface area contributed by atoms with Crippen LogP contribution in [0.4, 0.5) is 0 Å². The maximum Gasteiger partial charge on any atom is 0.0312 e. The third-order valence-electron chi connectivity index (χ3n) is 6.67. The van der Waals surface area contributed by atoms with E-state index in [0.29, 0.717) is 0 Å². The minimum Gasteiger partial charge on any atom is -0.299 e. The number of aryl methyl sites for hydroxylation is 1. The number of nitrogens with zero attached hydrogens (tertiary/aromatic N) is 3. The van der Waals surface area contributed by atoms with Gasteiger partial charge in [0.2, 0.25) is 0 Å². The molecule has 3 heterocycles. The molecule has 2 aliphatic rings. The van der Waals surface area contributed by atoms with E-state index in [4.69, 9.17) is 0 Å². The third kappa shape index (κ3) is 6.07. The average molecular weight is 410 g/mol. The van der Waals surface area contributed by atoms with Crippen molar-refractivity contribution in [2.45, 2.75) is 51.7 Å². The Balaban J connectivity index is 1.32. The van der Waals surface area contributed by atoms with E-state index < -0.39 is 0 Å². The van der Waals surface area contributed by atoms with Crippen LogP contribution in [0.25, 0.3) is 0 Å². The largest absolute Gasteiger partial charge is 0.299 e. The van der Waals surface area contributed by atoms with Crippen molar-refractivity contribution in [2.75, 3.05) is 31.1 Å². The Morgan fingerprint density at radius 2 is 1.83 bits per heavy atom. The number of piperidine rings is 1. The van der Waals surface area contributed by atoms with Crippen molar-refractivity contribution < 1.29 is 0 Å². The first kappa shape index (κ1) is 20.9. The highest BCUT2D eigenvalue weighted by Crippen LogP contribution is 2.27. The Labute approximate surface area is 180 Å². The second-order valence-corrected chi connectivity index (χ2v) is 10.0. The molecular weight excluding hydrogens is 374 g/mol. The van der Waals surface area contributed by atoms with Gasteiger partial charge >= 0.3 is 0 Å². The van der Waals surface area contributed by atoms with Crippen molar-refractivity contribution in [3.05, 3.63) is 65.5 Å². The molecule has 0 unspecified atom stereocenters. The molecule has 2 aliphatic heterocycles. The van der Waals surface area contributed by atoms with Gasteiger partial charge in [0, 0.05) is 38.1 Å². The number of hydrogen-bond donors (Lipinski definition) is 0. The van der Waals surface area contributed by atoms with Gasteiger partial charge in [-0.2, -0.15) is 11.8 Å². The van der Waals surface area contributed by atoms with Crippen LogP contribution in [0.3, 0.4) is 0 Å². The predicted octanol–water partition coefficient (Wildman–Crippen LogP) is 5.00. The van der Waals surface area contributed by atoms with Gasteiger partial charge in [0.25, 0.3) is 0 Å². The van der Waals surface area contributed by atoms with Crippen LogP contribution in [-0.2, 0) is 13.1 Å². The smallest absolute Gasteiger partial charge is 0.0312 e. The topological polar surface area (TPSA) is 19.4 Å². The van der Waals surface area contributed by atoms with Crippen LogP contribution in [0, 0.1) is 12.8 Å². The summed E-state index contributed by atoms with van der Waals surface area (Å²) in [6, 6.07) is 13.9. The van der Waals surface area contributed by atoms with Gasteiger partial charge in [-0.3, -0.25) is 14.8 Å². The molecular formula is C25H35N3S. The molecule has 4 rings (SSSR count). The zero-order valence-corrected chi connectivity index (χ0v) is 18.6. The van der Waals surface area contributed by atoms with E-state index in [1.165, 1.54) is 73.5 Å². The molecule has 2 aromatic rings. The van der Waals surface area contributed by atoms with Crippen LogP contribution in [0.15, 0.2) is 48.8 Å². The lowest BCUT2D eigenvalue weighted by Crippen LogP contribution is -2.43. The van der Waals surface area contributed by atoms with Crippen molar-refractivity contribution in [3.63, 3.8) is 0 Å². The maximum absolute atomic E-state index is 4.35. The summed E-state index contributed by atoms with van der Waals surface area (Å²) in [5, 5.41) is 0. The first-order valence-corrected chi connectivity index (χ1v) is 12.4. The maximum atomic E-state index is 4.35. The van der Waals surface area contributed by atoms with Crippen LogP contribution < -0.4 is 0 Å². The number of pyridine rings is 1. The Bertz CT molecular complexity index is 737. The number of aromatic nitrogens is 1. The van der Waals surface area contributed by atoms with Gasteiger partial charge in [0.05, 0.1) is 0 Å². The van der Waals surface area contributed by atoms with E-state index >= 15 is 0 Å². The van der Waals surface area contributed by atoms with Gasteiger partial charge in [0.15, 0.2) is 0 Å². The van der Waals surface area contributed by atoms with Crippen LogP contribution in [0.5, 0.6) is 0 Å². The molecule has 0 amide bonds. The van der Waals surface area contributed by atoms with Crippen LogP contribution >= 0.6 is 11.8 Å². The summed E-state index contributed by atoms with van der Waals surface area (Å²) in [5.74, 6) is 3.47. The van der Waals surface area contributed by atoms with Gasteiger partial charge < -0.3 is 0 Å². The van der Waals surface area contributed by atoms with Crippen LogP contribution in [0.1, 0.15) is 42.4 Å². The summed E-state index contributed by atoms with van der Waals surface area (Å²) in [6.45, 7) is 8.13. The summed E-state index contributed by atoms with van der Waals surface area (Å²) < 4.78 is 0. The van der Waals surface area contributed by atoms with E-state index in [1.807, 2.05) is 6.20 Å². The zero-order chi connectivity index (χ0) is 19.9. The molecule has 4 heteroatoms. The fraction of sp³-hybridized carbons (Fsp3) is 0.560. The highest BCUT2D eigenvalue weighted by Gasteiger charge is 2.27. The van der Waals surface area contributed by atoms with Gasteiger partial charge in [-0.25, -0.2) is 0 Å². The summed E-state index contributed by atoms with van der Waals surface area (Å²) in [7, 11) is 0. The Morgan fingerprint density at radius 1 is 1.03 bits per heavy atom. The number of thioether (sulfide) groups is 1. The highest BCUT2D eigenvalue weighted by atomic mass is 32.2. The summed E-state index contributed by atoms with van der Waals surface area (Å²) in [4.78, 5) is 9.79. The molecule has 29 heavy (non-hydrogen) atoms. The van der Waals surface area contributed by atoms with Gasteiger partial charge in [-0.05, 0) is 85.9 Å². The summed E-state index contributed by atoms with van der Waals surface area (Å²) in [6.07, 6.45) is 9.28. The average Bonchev–Trinajstić information content (AvgIpc) is 2.77. The fourth-order valence-electron chi connectivity index (χ4n) is 4.81. The first-order chi connectivity index (χ1) is 14.3. The van der Waals surface area contributed by atoms with Crippen molar-refractivity contribution >= 4 is 11.8 Å². The summed E-state index contributed by atoms with van der Waals surface area (Å²) in [5.41, 5.74) is 4.28. The highest BCUT2D eigenvalue weighted by molar-refractivity contribution is 7.99. The Morgan fingerprint density at radius 3 is 2.55 bits per heavy atom. The third-order valence-corrected chi connectivity index (χ3v) is 7.72. The zero-order valence-electron chi connectivity index (χ0n) is 17.8. The monoisotopic (exact) mass is 409 g/mol. The minimum atomic E-state index is 0.751. The number of hydrogen-bond acceptors (Lipinski definition) is 4. The van der Waals surface area contributed by atoms with Gasteiger partial charge in [-0.15, -0.1) is 0 Å². The SMILES string of the molecule is Cc1ccccc1CN1CCC(CN(Cc2cccnc2)C2CCSCC2)CC1. The molecule has 0 atom stereocenters. The van der Waals surface area contributed by atoms with Crippen molar-refractivity contribution in [1.29, 1.82) is 0 Å². The van der Waals surface area contributed by atoms with E-state index in [2.05, 4.69) is 76.1 Å². The van der Waals surface area contributed by atoms with E-state index in [1.54, 1.807) is 0 Å². The van der Waals surface area contributed by atoms with Crippen molar-refractivity contribution in [2.24, 2.45) is 5.92 Å². The molecule has 2 saturated heterocycles. The molecule has 0 aliphatic carbocycles. The molecule has 0 N–H and O–H groups in total. The molecule has 0 radical (unpaired) electrons. The second-order valence-electron chi connectivity index (χ2n) is 8.78. The Hall–Kier alpha value is -1.36. The lowest BCUT2D eigenvalue weighted by Gasteiger charge is -2.39. The minimum absolute atomic E-state index is 0.751. The molecule has 0 bridgehead atoms. The van der Waals surface area contributed by atoms with Gasteiger partial charge in [-0.1, -0.05) is 30.3 Å². The van der Waals surface area contributed by atoms with Crippen LogP contribution in [-0.4, -0.2) is 52.0 Å². The predicted molar refractivity (Wildman–Crippen MR) is 124 cm³/mol. The quantitative estimate of drug-likeness (QED) is 0.641. The normalized spacial score (nSPS) is 19.7. The number of benzene rings is 1. The molecule has 0 spiro atoms. The Kier molecular flexibility index (Phi) is 7.64. The summed E-state index contributed by atoms with van der Waals surface area (Å²) >= 11 is 2.13. The van der Waals surface area contributed by atoms with E-state index in [0.717, 1.165) is 25.0 Å². The molecule has 1 aromatic carbocycles. The number of likely N-dealkylation sites (tertiary alicyclic amines) is 1. The van der Waals surface area contributed by atoms with Crippen molar-refractivity contribution in [3.8, 4) is 0 Å². The molecule has 0 saturated carbocycles. The van der Waals surface area contributed by atoms with E-state index in [-0.39, 0.29) is 0 Å². The lowest BCUT2D eigenvalue weighted by molar-refractivity contribution is 0.104. The lowest BCUT2D eigenvalue weighted by atomic mass is 9.94. The second kappa shape index (κ2) is 10.6. The molecule has 2 fully saturated rings. The van der Waals surface area contributed by atoms with Crippen LogP contribution in [0.2, 0.25) is 0 Å². The van der Waals surface area contributed by atoms with Crippen molar-refractivity contribution in [1.82, 2.24) is 14.8 Å². The molecule has 156 valence electrons. The van der Waals surface area contributed by atoms with Gasteiger partial charge in [0.1, 0.15) is 0 Å². The van der Waals surface area contributed by atoms with E-state index in [9.17, 15) is 0 Å². The molecule has 3 nitrogen and oxygen atoms in total. The standard InChI is InChI=1S/C25H35N3S/c1-21-5-2-3-7-24(21)20-27-13-8-22(9-14-27)18-28(25-10-15-29-16-11-25)19-23-6-4-12-26-17-23/h2-7,12,17,22,25H,8-11,13-16,18-20H2,1H3.